The molecule has 2 aliphatic heterocycles. The number of carbonyl (C=O) groups is 2. The Bertz CT molecular complexity index is 707. The van der Waals surface area contributed by atoms with Crippen molar-refractivity contribution >= 4 is 21.9 Å². The molecule has 0 radical (unpaired) electrons. The Morgan fingerprint density at radius 2 is 2.00 bits per heavy atom. The number of rotatable bonds is 5. The third-order valence-electron chi connectivity index (χ3n) is 6.30. The molecule has 1 spiro atoms. The van der Waals surface area contributed by atoms with Crippen LogP contribution >= 0.6 is 0 Å². The van der Waals surface area contributed by atoms with Crippen molar-refractivity contribution in [2.45, 2.75) is 45.4 Å². The molecule has 0 bridgehead atoms. The maximum Gasteiger partial charge on any atom is 0.308 e. The molecule has 0 aromatic carbocycles. The Morgan fingerprint density at radius 1 is 1.31 bits per heavy atom. The first-order valence-electron chi connectivity index (χ1n) is 9.44. The second kappa shape index (κ2) is 7.31. The van der Waals surface area contributed by atoms with E-state index in [0.717, 1.165) is 19.3 Å². The highest BCUT2D eigenvalue weighted by molar-refractivity contribution is 7.89. The van der Waals surface area contributed by atoms with E-state index in [1.54, 1.807) is 6.92 Å². The molecule has 3 aliphatic rings. The van der Waals surface area contributed by atoms with Crippen molar-refractivity contribution in [2.24, 2.45) is 11.3 Å². The molecule has 1 amide bonds. The van der Waals surface area contributed by atoms with Crippen LogP contribution in [0, 0.1) is 11.3 Å². The number of aliphatic carboxylic acids is 1. The number of carbonyl (C=O) groups excluding carboxylic acids is 1. The maximum atomic E-state index is 12.5. The van der Waals surface area contributed by atoms with Crippen LogP contribution < -0.4 is 0 Å². The van der Waals surface area contributed by atoms with E-state index in [9.17, 15) is 23.1 Å². The Labute approximate surface area is 155 Å². The van der Waals surface area contributed by atoms with Crippen LogP contribution in [0.5, 0.6) is 0 Å². The monoisotopic (exact) mass is 384 g/mol. The summed E-state index contributed by atoms with van der Waals surface area (Å²) in [5, 5.41) is 9.64. The molecule has 3 rings (SSSR count). The number of nitrogens with zero attached hydrogens (tertiary/aromatic N) is 2. The average Bonchev–Trinajstić information content (AvgIpc) is 3.24. The first-order valence-corrected chi connectivity index (χ1v) is 11.0. The van der Waals surface area contributed by atoms with E-state index >= 15 is 0 Å². The number of likely N-dealkylation sites (tertiary alicyclic amines) is 1. The van der Waals surface area contributed by atoms with Crippen molar-refractivity contribution in [1.29, 1.82) is 0 Å². The number of carboxylic acid groups (broad SMARTS) is 1. The molecular formula is C18H28N2O5S. The summed E-state index contributed by atoms with van der Waals surface area (Å²) in [7, 11) is -3.40. The molecule has 8 heteroatoms. The summed E-state index contributed by atoms with van der Waals surface area (Å²) in [6.45, 7) is 2.90. The normalized spacial score (nSPS) is 26.3. The molecule has 1 aliphatic carbocycles. The van der Waals surface area contributed by atoms with Crippen LogP contribution in [0.4, 0.5) is 0 Å². The molecule has 7 nitrogen and oxygen atoms in total. The fourth-order valence-electron chi connectivity index (χ4n) is 4.57. The zero-order valence-corrected chi connectivity index (χ0v) is 16.1. The third kappa shape index (κ3) is 3.67. The lowest BCUT2D eigenvalue weighted by atomic mass is 9.71. The van der Waals surface area contributed by atoms with Gasteiger partial charge < -0.3 is 10.0 Å². The van der Waals surface area contributed by atoms with Gasteiger partial charge in [0.15, 0.2) is 0 Å². The van der Waals surface area contributed by atoms with Crippen molar-refractivity contribution in [3.8, 4) is 0 Å². The highest BCUT2D eigenvalue weighted by Gasteiger charge is 2.54. The van der Waals surface area contributed by atoms with Crippen LogP contribution in [0.1, 0.15) is 45.4 Å². The Hall–Kier alpha value is -1.41. The first kappa shape index (κ1) is 19.4. The number of piperidine rings is 1. The lowest BCUT2D eigenvalue weighted by Crippen LogP contribution is -2.48. The minimum atomic E-state index is -3.40. The molecule has 1 unspecified atom stereocenters. The van der Waals surface area contributed by atoms with Crippen molar-refractivity contribution in [2.75, 3.05) is 31.9 Å². The highest BCUT2D eigenvalue weighted by atomic mass is 32.2. The highest BCUT2D eigenvalue weighted by Crippen LogP contribution is 2.46. The van der Waals surface area contributed by atoms with Gasteiger partial charge >= 0.3 is 5.97 Å². The fraction of sp³-hybridized carbons (Fsp3) is 0.778. The summed E-state index contributed by atoms with van der Waals surface area (Å²) in [4.78, 5) is 26.1. The summed E-state index contributed by atoms with van der Waals surface area (Å²) < 4.78 is 25.8. The van der Waals surface area contributed by atoms with E-state index in [1.807, 2.05) is 4.90 Å². The van der Waals surface area contributed by atoms with Gasteiger partial charge in [0.2, 0.25) is 15.9 Å². The topological polar surface area (TPSA) is 95.0 Å². The fourth-order valence-corrected chi connectivity index (χ4v) is 5.76. The quantitative estimate of drug-likeness (QED) is 0.724. The first-order chi connectivity index (χ1) is 12.3. The van der Waals surface area contributed by atoms with E-state index in [2.05, 4.69) is 6.08 Å². The molecular weight excluding hydrogens is 356 g/mol. The van der Waals surface area contributed by atoms with Crippen LogP contribution in [-0.2, 0) is 19.6 Å². The van der Waals surface area contributed by atoms with E-state index < -0.39 is 27.3 Å². The number of carboxylic acids is 1. The van der Waals surface area contributed by atoms with Crippen LogP contribution in [0.15, 0.2) is 11.6 Å². The van der Waals surface area contributed by atoms with Gasteiger partial charge in [-0.2, -0.15) is 0 Å². The molecule has 1 atom stereocenters. The molecule has 26 heavy (non-hydrogen) atoms. The standard InChI is InChI=1S/C18H28N2O5S/c1-2-26(24,25)20-12-15(17(22)23)18(13-20)7-9-19(10-8-18)16(21)11-14-5-3-4-6-14/h5,15H,2-4,6-13H2,1H3,(H,22,23). The van der Waals surface area contributed by atoms with Crippen molar-refractivity contribution in [1.82, 2.24) is 9.21 Å². The summed E-state index contributed by atoms with van der Waals surface area (Å²) in [5.41, 5.74) is 0.650. The van der Waals surface area contributed by atoms with Gasteiger partial charge in [-0.25, -0.2) is 12.7 Å². The van der Waals surface area contributed by atoms with Crippen LogP contribution in [0.25, 0.3) is 0 Å². The van der Waals surface area contributed by atoms with Gasteiger partial charge in [0.1, 0.15) is 0 Å². The zero-order chi connectivity index (χ0) is 18.9. The number of sulfonamides is 1. The maximum absolute atomic E-state index is 12.5. The second-order valence-corrected chi connectivity index (χ2v) is 10.0. The van der Waals surface area contributed by atoms with Crippen LogP contribution in [0.2, 0.25) is 0 Å². The molecule has 0 aromatic rings. The predicted octanol–water partition coefficient (Wildman–Crippen LogP) is 1.46. The minimum absolute atomic E-state index is 0.0187. The smallest absolute Gasteiger partial charge is 0.308 e. The zero-order valence-electron chi connectivity index (χ0n) is 15.3. The van der Waals surface area contributed by atoms with Gasteiger partial charge in [-0.1, -0.05) is 11.6 Å². The van der Waals surface area contributed by atoms with Crippen molar-refractivity contribution < 1.29 is 23.1 Å². The molecule has 146 valence electrons. The molecule has 2 saturated heterocycles. The second-order valence-electron chi connectivity index (χ2n) is 7.76. The van der Waals surface area contributed by atoms with E-state index in [-0.39, 0.29) is 24.7 Å². The van der Waals surface area contributed by atoms with E-state index in [1.165, 1.54) is 9.88 Å². The average molecular weight is 384 g/mol. The lowest BCUT2D eigenvalue weighted by molar-refractivity contribution is -0.146. The molecule has 2 heterocycles. The largest absolute Gasteiger partial charge is 0.481 e. The Morgan fingerprint density at radius 3 is 2.54 bits per heavy atom. The van der Waals surface area contributed by atoms with Gasteiger partial charge in [0.05, 0.1) is 11.7 Å². The van der Waals surface area contributed by atoms with Gasteiger partial charge in [0.25, 0.3) is 0 Å². The van der Waals surface area contributed by atoms with Crippen LogP contribution in [0.3, 0.4) is 0 Å². The van der Waals surface area contributed by atoms with Crippen molar-refractivity contribution in [3.05, 3.63) is 11.6 Å². The Balaban J connectivity index is 1.67. The summed E-state index contributed by atoms with van der Waals surface area (Å²) in [5.74, 6) is -1.54. The number of hydrogen-bond acceptors (Lipinski definition) is 4. The lowest BCUT2D eigenvalue weighted by Gasteiger charge is -2.41. The van der Waals surface area contributed by atoms with Gasteiger partial charge in [-0.05, 0) is 39.0 Å². The molecule has 0 saturated carbocycles. The predicted molar refractivity (Wildman–Crippen MR) is 97.0 cm³/mol. The van der Waals surface area contributed by atoms with Gasteiger partial charge in [-0.3, -0.25) is 9.59 Å². The molecule has 1 N–H and O–H groups in total. The third-order valence-corrected chi connectivity index (χ3v) is 8.09. The van der Waals surface area contributed by atoms with Gasteiger partial charge in [-0.15, -0.1) is 0 Å². The SMILES string of the molecule is CCS(=O)(=O)N1CC(C(=O)O)C2(CCN(C(=O)CC3=CCCC3)CC2)C1. The molecule has 2 fully saturated rings. The van der Waals surface area contributed by atoms with Gasteiger partial charge in [0, 0.05) is 38.0 Å². The minimum Gasteiger partial charge on any atom is -0.481 e. The summed E-state index contributed by atoms with van der Waals surface area (Å²) in [6.07, 6.45) is 6.87. The molecule has 0 aromatic heterocycles. The summed E-state index contributed by atoms with van der Waals surface area (Å²) >= 11 is 0. The number of allylic oxidation sites excluding steroid dienone is 1. The summed E-state index contributed by atoms with van der Waals surface area (Å²) in [6, 6.07) is 0. The number of hydrogen-bond donors (Lipinski definition) is 1. The Kier molecular flexibility index (Phi) is 5.44. The van der Waals surface area contributed by atoms with E-state index in [0.29, 0.717) is 32.4 Å². The van der Waals surface area contributed by atoms with Crippen LogP contribution in [-0.4, -0.2) is 66.5 Å². The number of amides is 1. The van der Waals surface area contributed by atoms with E-state index in [4.69, 9.17) is 0 Å². The van der Waals surface area contributed by atoms with Crippen molar-refractivity contribution in [3.63, 3.8) is 0 Å².